The molecule has 0 aliphatic heterocycles. The van der Waals surface area contributed by atoms with Gasteiger partial charge in [-0.25, -0.2) is 4.98 Å². The van der Waals surface area contributed by atoms with Gasteiger partial charge in [0.25, 0.3) is 0 Å². The summed E-state index contributed by atoms with van der Waals surface area (Å²) in [6.45, 7) is 8.75. The summed E-state index contributed by atoms with van der Waals surface area (Å²) < 4.78 is 3.60. The molecular formula is C14H22ClN5O. The van der Waals surface area contributed by atoms with Gasteiger partial charge in [-0.05, 0) is 19.8 Å². The van der Waals surface area contributed by atoms with E-state index in [0.29, 0.717) is 18.3 Å². The molecule has 0 saturated heterocycles. The molecule has 2 heterocycles. The number of nitrogens with zero attached hydrogens (tertiary/aromatic N) is 4. The van der Waals surface area contributed by atoms with E-state index < -0.39 is 0 Å². The van der Waals surface area contributed by atoms with Gasteiger partial charge in [-0.15, -0.1) is 11.6 Å². The van der Waals surface area contributed by atoms with Crippen molar-refractivity contribution >= 4 is 28.7 Å². The Morgan fingerprint density at radius 1 is 1.38 bits per heavy atom. The van der Waals surface area contributed by atoms with Gasteiger partial charge in [0.15, 0.2) is 5.65 Å². The smallest absolute Gasteiger partial charge is 0.240 e. The van der Waals surface area contributed by atoms with Crippen LogP contribution < -0.4 is 5.32 Å². The van der Waals surface area contributed by atoms with Crippen molar-refractivity contribution < 1.29 is 4.79 Å². The lowest BCUT2D eigenvalue weighted by atomic mass is 10.2. The molecule has 0 aromatic carbocycles. The number of halogens is 1. The van der Waals surface area contributed by atoms with E-state index in [1.165, 1.54) is 0 Å². The minimum atomic E-state index is -0.269. The number of carbonyl (C=O) groups excluding carboxylic acids is 1. The van der Waals surface area contributed by atoms with E-state index in [4.69, 9.17) is 11.6 Å². The minimum Gasteiger partial charge on any atom is -0.354 e. The molecule has 0 aliphatic rings. The number of alkyl halides is 1. The van der Waals surface area contributed by atoms with Crippen LogP contribution in [0.4, 0.5) is 0 Å². The fourth-order valence-corrected chi connectivity index (χ4v) is 2.50. The average Bonchev–Trinajstić information content (AvgIpc) is 2.87. The largest absolute Gasteiger partial charge is 0.354 e. The van der Waals surface area contributed by atoms with Crippen molar-refractivity contribution in [1.82, 2.24) is 24.6 Å². The summed E-state index contributed by atoms with van der Waals surface area (Å²) >= 11 is 6.21. The Hall–Kier alpha value is -1.56. The fraction of sp³-hybridized carbons (Fsp3) is 0.643. The van der Waals surface area contributed by atoms with E-state index >= 15 is 0 Å². The van der Waals surface area contributed by atoms with Crippen molar-refractivity contribution in [1.29, 1.82) is 0 Å². The Labute approximate surface area is 129 Å². The van der Waals surface area contributed by atoms with Crippen LogP contribution >= 0.6 is 11.6 Å². The summed E-state index contributed by atoms with van der Waals surface area (Å²) in [4.78, 5) is 16.7. The Morgan fingerprint density at radius 3 is 2.62 bits per heavy atom. The van der Waals surface area contributed by atoms with Gasteiger partial charge in [-0.1, -0.05) is 13.8 Å². The molecule has 7 heteroatoms. The summed E-state index contributed by atoms with van der Waals surface area (Å²) in [6, 6.07) is 0. The molecule has 1 unspecified atom stereocenters. The van der Waals surface area contributed by atoms with E-state index in [2.05, 4.69) is 29.2 Å². The Kier molecular flexibility index (Phi) is 4.56. The van der Waals surface area contributed by atoms with Crippen molar-refractivity contribution in [2.24, 2.45) is 13.0 Å². The number of rotatable bonds is 5. The highest BCUT2D eigenvalue weighted by atomic mass is 35.5. The van der Waals surface area contributed by atoms with Crippen molar-refractivity contribution in [2.45, 2.75) is 39.6 Å². The zero-order valence-corrected chi connectivity index (χ0v) is 13.9. The lowest BCUT2D eigenvalue weighted by molar-refractivity contribution is -0.121. The first-order valence-corrected chi connectivity index (χ1v) is 7.55. The number of hydrogen-bond acceptors (Lipinski definition) is 3. The standard InChI is InChI=1S/C14H22ClN5O/c1-8(2)6-16-11(21)7-20-13(9(3)15)17-12-10(4)18-19(5)14(12)20/h8-9H,6-7H2,1-5H3,(H,16,21). The second-order valence-corrected chi connectivity index (χ2v) is 6.41. The zero-order chi connectivity index (χ0) is 15.7. The van der Waals surface area contributed by atoms with Crippen molar-refractivity contribution in [3.8, 4) is 0 Å². The molecule has 6 nitrogen and oxygen atoms in total. The van der Waals surface area contributed by atoms with E-state index in [-0.39, 0.29) is 17.8 Å². The third-order valence-electron chi connectivity index (χ3n) is 3.28. The van der Waals surface area contributed by atoms with Crippen molar-refractivity contribution in [3.05, 3.63) is 11.5 Å². The number of imidazole rings is 1. The van der Waals surface area contributed by atoms with Gasteiger partial charge in [-0.3, -0.25) is 9.48 Å². The highest BCUT2D eigenvalue weighted by molar-refractivity contribution is 6.20. The third-order valence-corrected chi connectivity index (χ3v) is 3.48. The molecular weight excluding hydrogens is 290 g/mol. The quantitative estimate of drug-likeness (QED) is 0.861. The summed E-state index contributed by atoms with van der Waals surface area (Å²) in [5.41, 5.74) is 2.47. The first-order chi connectivity index (χ1) is 9.81. The molecule has 0 saturated carbocycles. The second-order valence-electron chi connectivity index (χ2n) is 5.75. The van der Waals surface area contributed by atoms with Crippen LogP contribution in [0, 0.1) is 12.8 Å². The Morgan fingerprint density at radius 2 is 2.05 bits per heavy atom. The van der Waals surface area contributed by atoms with Gasteiger partial charge < -0.3 is 9.88 Å². The topological polar surface area (TPSA) is 64.7 Å². The highest BCUT2D eigenvalue weighted by Crippen LogP contribution is 2.25. The minimum absolute atomic E-state index is 0.0413. The van der Waals surface area contributed by atoms with Crippen molar-refractivity contribution in [2.75, 3.05) is 6.54 Å². The molecule has 0 bridgehead atoms. The molecule has 2 rings (SSSR count). The van der Waals surface area contributed by atoms with Crippen LogP contribution in [0.25, 0.3) is 11.2 Å². The summed E-state index contributed by atoms with van der Waals surface area (Å²) in [6.07, 6.45) is 0. The molecule has 21 heavy (non-hydrogen) atoms. The number of fused-ring (bicyclic) bond motifs is 1. The second kappa shape index (κ2) is 6.05. The zero-order valence-electron chi connectivity index (χ0n) is 13.1. The maximum absolute atomic E-state index is 12.1. The maximum atomic E-state index is 12.1. The molecule has 1 N–H and O–H groups in total. The molecule has 1 atom stereocenters. The van der Waals surface area contributed by atoms with Crippen LogP contribution in [-0.4, -0.2) is 31.8 Å². The van der Waals surface area contributed by atoms with E-state index in [1.54, 1.807) is 4.68 Å². The predicted octanol–water partition coefficient (Wildman–Crippen LogP) is 2.15. The molecule has 0 spiro atoms. The summed E-state index contributed by atoms with van der Waals surface area (Å²) in [7, 11) is 1.85. The first kappa shape index (κ1) is 15.8. The number of hydrogen-bond donors (Lipinski definition) is 1. The summed E-state index contributed by atoms with van der Waals surface area (Å²) in [5.74, 6) is 1.07. The summed E-state index contributed by atoms with van der Waals surface area (Å²) in [5, 5.41) is 7.00. The predicted molar refractivity (Wildman–Crippen MR) is 83.4 cm³/mol. The molecule has 0 radical (unpaired) electrons. The van der Waals surface area contributed by atoms with Gasteiger partial charge in [0, 0.05) is 13.6 Å². The van der Waals surface area contributed by atoms with E-state index in [0.717, 1.165) is 16.9 Å². The molecule has 2 aromatic rings. The lowest BCUT2D eigenvalue weighted by Gasteiger charge is -2.12. The SMILES string of the molecule is Cc1nn(C)c2c1nc(C(C)Cl)n2CC(=O)NCC(C)C. The van der Waals surface area contributed by atoms with Crippen molar-refractivity contribution in [3.63, 3.8) is 0 Å². The van der Waals surface area contributed by atoms with E-state index in [9.17, 15) is 4.79 Å². The monoisotopic (exact) mass is 311 g/mol. The number of aromatic nitrogens is 4. The number of aryl methyl sites for hydroxylation is 2. The van der Waals surface area contributed by atoms with Crippen LogP contribution in [0.3, 0.4) is 0 Å². The van der Waals surface area contributed by atoms with Crippen LogP contribution in [-0.2, 0) is 18.4 Å². The molecule has 2 aromatic heterocycles. The van der Waals surface area contributed by atoms with Gasteiger partial charge >= 0.3 is 0 Å². The Balaban J connectivity index is 2.36. The number of nitrogens with one attached hydrogen (secondary N) is 1. The number of carbonyl (C=O) groups is 1. The fourth-order valence-electron chi connectivity index (χ4n) is 2.33. The highest BCUT2D eigenvalue weighted by Gasteiger charge is 2.21. The van der Waals surface area contributed by atoms with Gasteiger partial charge in [0.05, 0.1) is 11.1 Å². The lowest BCUT2D eigenvalue weighted by Crippen LogP contribution is -2.31. The van der Waals surface area contributed by atoms with Gasteiger partial charge in [-0.2, -0.15) is 5.10 Å². The van der Waals surface area contributed by atoms with Crippen LogP contribution in [0.15, 0.2) is 0 Å². The van der Waals surface area contributed by atoms with Gasteiger partial charge in [0.2, 0.25) is 5.91 Å². The van der Waals surface area contributed by atoms with Gasteiger partial charge in [0.1, 0.15) is 17.9 Å². The molecule has 0 fully saturated rings. The third kappa shape index (κ3) is 3.20. The Bertz CT molecular complexity index is 656. The number of amides is 1. The normalized spacial score (nSPS) is 13.1. The molecule has 1 amide bonds. The maximum Gasteiger partial charge on any atom is 0.240 e. The van der Waals surface area contributed by atoms with Crippen LogP contribution in [0.2, 0.25) is 0 Å². The van der Waals surface area contributed by atoms with Crippen LogP contribution in [0.5, 0.6) is 0 Å². The first-order valence-electron chi connectivity index (χ1n) is 7.11. The average molecular weight is 312 g/mol. The van der Waals surface area contributed by atoms with Crippen LogP contribution in [0.1, 0.15) is 37.7 Å². The molecule has 116 valence electrons. The van der Waals surface area contributed by atoms with E-state index in [1.807, 2.05) is 25.5 Å². The molecule has 0 aliphatic carbocycles.